The summed E-state index contributed by atoms with van der Waals surface area (Å²) in [7, 11) is 1.69. The molecule has 32 heavy (non-hydrogen) atoms. The van der Waals surface area contributed by atoms with E-state index in [1.54, 1.807) is 7.11 Å². The molecule has 3 aromatic rings. The molecule has 2 heterocycles. The molecule has 2 aromatic carbocycles. The van der Waals surface area contributed by atoms with E-state index in [9.17, 15) is 4.79 Å². The molecule has 0 bridgehead atoms. The molecule has 0 radical (unpaired) electrons. The molecule has 1 aliphatic carbocycles. The standard InChI is InChI=1S/C26H28N4O2/c1-18-25-23(15-20(16-24(25)31)19-7-4-3-5-8-19)28-26(27-18)30-13-11-29(12-14-30)21-9-6-10-22(17-21)32-2/h3-10,17,20H,11-16H2,1-2H3/t20-/m1/s1. The minimum absolute atomic E-state index is 0.159. The Morgan fingerprint density at radius 2 is 1.66 bits per heavy atom. The Morgan fingerprint density at radius 3 is 2.41 bits per heavy atom. The fourth-order valence-electron chi connectivity index (χ4n) is 4.83. The molecule has 0 amide bonds. The Balaban J connectivity index is 1.35. The lowest BCUT2D eigenvalue weighted by Gasteiger charge is -2.36. The van der Waals surface area contributed by atoms with Gasteiger partial charge in [0.05, 0.1) is 24.1 Å². The number of benzene rings is 2. The van der Waals surface area contributed by atoms with E-state index in [1.165, 1.54) is 11.3 Å². The zero-order chi connectivity index (χ0) is 22.1. The minimum atomic E-state index is 0.159. The lowest BCUT2D eigenvalue weighted by atomic mass is 9.81. The molecule has 2 aliphatic rings. The third-order valence-corrected chi connectivity index (χ3v) is 6.56. The van der Waals surface area contributed by atoms with Crippen molar-refractivity contribution in [2.75, 3.05) is 43.1 Å². The number of hydrogen-bond acceptors (Lipinski definition) is 6. The van der Waals surface area contributed by atoms with Gasteiger partial charge in [-0.25, -0.2) is 9.97 Å². The predicted octanol–water partition coefficient (Wildman–Crippen LogP) is 4.03. The molecular formula is C26H28N4O2. The highest BCUT2D eigenvalue weighted by Gasteiger charge is 2.31. The van der Waals surface area contributed by atoms with Crippen LogP contribution in [0.15, 0.2) is 54.6 Å². The molecule has 0 saturated carbocycles. The van der Waals surface area contributed by atoms with Crippen LogP contribution in [0.1, 0.15) is 39.6 Å². The number of ketones is 1. The molecule has 6 heteroatoms. The number of aromatic nitrogens is 2. The van der Waals surface area contributed by atoms with Crippen molar-refractivity contribution >= 4 is 17.4 Å². The van der Waals surface area contributed by atoms with E-state index < -0.39 is 0 Å². The third kappa shape index (κ3) is 3.93. The van der Waals surface area contributed by atoms with Crippen molar-refractivity contribution in [1.82, 2.24) is 9.97 Å². The highest BCUT2D eigenvalue weighted by atomic mass is 16.5. The number of carbonyl (C=O) groups is 1. The second-order valence-corrected chi connectivity index (χ2v) is 8.55. The minimum Gasteiger partial charge on any atom is -0.497 e. The van der Waals surface area contributed by atoms with Crippen LogP contribution in [0, 0.1) is 6.92 Å². The van der Waals surface area contributed by atoms with Crippen LogP contribution in [0.25, 0.3) is 0 Å². The number of carbonyl (C=O) groups excluding carboxylic acids is 1. The first-order chi connectivity index (χ1) is 15.6. The van der Waals surface area contributed by atoms with E-state index in [2.05, 4.69) is 34.1 Å². The Hall–Kier alpha value is -3.41. The van der Waals surface area contributed by atoms with Gasteiger partial charge in [-0.1, -0.05) is 36.4 Å². The summed E-state index contributed by atoms with van der Waals surface area (Å²) in [6.07, 6.45) is 1.31. The van der Waals surface area contributed by atoms with Gasteiger partial charge < -0.3 is 14.5 Å². The van der Waals surface area contributed by atoms with Gasteiger partial charge >= 0.3 is 0 Å². The van der Waals surface area contributed by atoms with Crippen LogP contribution in [-0.4, -0.2) is 49.0 Å². The molecule has 0 spiro atoms. The number of anilines is 2. The van der Waals surface area contributed by atoms with Gasteiger partial charge in [0.1, 0.15) is 5.75 Å². The number of Topliss-reactive ketones (excluding diaryl/α,β-unsaturated/α-hetero) is 1. The van der Waals surface area contributed by atoms with Gasteiger partial charge in [0.15, 0.2) is 5.78 Å². The van der Waals surface area contributed by atoms with Crippen molar-refractivity contribution < 1.29 is 9.53 Å². The first-order valence-electron chi connectivity index (χ1n) is 11.2. The Morgan fingerprint density at radius 1 is 0.906 bits per heavy atom. The van der Waals surface area contributed by atoms with E-state index in [0.717, 1.165) is 61.2 Å². The number of hydrogen-bond donors (Lipinski definition) is 0. The van der Waals surface area contributed by atoms with Crippen LogP contribution < -0.4 is 14.5 Å². The smallest absolute Gasteiger partial charge is 0.225 e. The second-order valence-electron chi connectivity index (χ2n) is 8.55. The molecule has 164 valence electrons. The third-order valence-electron chi connectivity index (χ3n) is 6.56. The van der Waals surface area contributed by atoms with Crippen molar-refractivity contribution in [1.29, 1.82) is 0 Å². The van der Waals surface area contributed by atoms with E-state index in [-0.39, 0.29) is 11.7 Å². The van der Waals surface area contributed by atoms with Crippen molar-refractivity contribution in [3.63, 3.8) is 0 Å². The zero-order valence-corrected chi connectivity index (χ0v) is 18.6. The van der Waals surface area contributed by atoms with E-state index >= 15 is 0 Å². The fraction of sp³-hybridized carbons (Fsp3) is 0.346. The van der Waals surface area contributed by atoms with Crippen molar-refractivity contribution in [2.24, 2.45) is 0 Å². The number of piperazine rings is 1. The van der Waals surface area contributed by atoms with E-state index in [1.807, 2.05) is 37.3 Å². The predicted molar refractivity (Wildman–Crippen MR) is 126 cm³/mol. The average Bonchev–Trinajstić information content (AvgIpc) is 2.84. The van der Waals surface area contributed by atoms with Gasteiger partial charge in [-0.05, 0) is 37.0 Å². The monoisotopic (exact) mass is 428 g/mol. The van der Waals surface area contributed by atoms with Gasteiger partial charge in [0.25, 0.3) is 0 Å². The van der Waals surface area contributed by atoms with E-state index in [0.29, 0.717) is 6.42 Å². The van der Waals surface area contributed by atoms with Crippen LogP contribution >= 0.6 is 0 Å². The molecule has 0 N–H and O–H groups in total. The number of nitrogens with zero attached hydrogens (tertiary/aromatic N) is 4. The molecule has 6 nitrogen and oxygen atoms in total. The first-order valence-corrected chi connectivity index (χ1v) is 11.2. The van der Waals surface area contributed by atoms with Crippen molar-refractivity contribution in [3.05, 3.63) is 77.1 Å². The summed E-state index contributed by atoms with van der Waals surface area (Å²) >= 11 is 0. The number of methoxy groups -OCH3 is 1. The molecule has 1 aromatic heterocycles. The van der Waals surface area contributed by atoms with Gasteiger partial charge in [0.2, 0.25) is 5.95 Å². The molecule has 1 saturated heterocycles. The highest BCUT2D eigenvalue weighted by molar-refractivity contribution is 5.99. The summed E-state index contributed by atoms with van der Waals surface area (Å²) in [6, 6.07) is 18.5. The molecule has 1 aliphatic heterocycles. The maximum absolute atomic E-state index is 12.9. The quantitative estimate of drug-likeness (QED) is 0.625. The van der Waals surface area contributed by atoms with Crippen LogP contribution in [-0.2, 0) is 6.42 Å². The lowest BCUT2D eigenvalue weighted by molar-refractivity contribution is 0.0962. The van der Waals surface area contributed by atoms with E-state index in [4.69, 9.17) is 14.7 Å². The lowest BCUT2D eigenvalue weighted by Crippen LogP contribution is -2.47. The summed E-state index contributed by atoms with van der Waals surface area (Å²) in [5.41, 5.74) is 4.81. The number of ether oxygens (including phenoxy) is 1. The Labute approximate surface area is 188 Å². The van der Waals surface area contributed by atoms with Gasteiger partial charge in [0, 0.05) is 44.4 Å². The Kier molecular flexibility index (Phi) is 5.52. The maximum atomic E-state index is 12.9. The van der Waals surface area contributed by atoms with Crippen molar-refractivity contribution in [3.8, 4) is 5.75 Å². The summed E-state index contributed by atoms with van der Waals surface area (Å²) in [4.78, 5) is 27.2. The van der Waals surface area contributed by atoms with Crippen LogP contribution in [0.4, 0.5) is 11.6 Å². The highest BCUT2D eigenvalue weighted by Crippen LogP contribution is 2.34. The molecular weight excluding hydrogens is 400 g/mol. The van der Waals surface area contributed by atoms with Crippen LogP contribution in [0.5, 0.6) is 5.75 Å². The number of aryl methyl sites for hydroxylation is 1. The maximum Gasteiger partial charge on any atom is 0.225 e. The summed E-state index contributed by atoms with van der Waals surface area (Å²) in [5, 5.41) is 0. The molecule has 1 atom stereocenters. The second kappa shape index (κ2) is 8.61. The van der Waals surface area contributed by atoms with Gasteiger partial charge in [-0.15, -0.1) is 0 Å². The molecule has 0 unspecified atom stereocenters. The Bertz CT molecular complexity index is 1120. The number of rotatable bonds is 4. The van der Waals surface area contributed by atoms with Gasteiger partial charge in [-0.2, -0.15) is 0 Å². The summed E-state index contributed by atoms with van der Waals surface area (Å²) in [5.74, 6) is 1.96. The summed E-state index contributed by atoms with van der Waals surface area (Å²) < 4.78 is 5.37. The fourth-order valence-corrected chi connectivity index (χ4v) is 4.83. The zero-order valence-electron chi connectivity index (χ0n) is 18.6. The molecule has 5 rings (SSSR count). The SMILES string of the molecule is COc1cccc(N2CCN(c3nc(C)c4c(n3)C[C@@H](c3ccccc3)CC4=O)CC2)c1. The largest absolute Gasteiger partial charge is 0.497 e. The first kappa shape index (κ1) is 20.5. The van der Waals surface area contributed by atoms with Crippen LogP contribution in [0.2, 0.25) is 0 Å². The van der Waals surface area contributed by atoms with Crippen LogP contribution in [0.3, 0.4) is 0 Å². The average molecular weight is 429 g/mol. The van der Waals surface area contributed by atoms with Gasteiger partial charge in [-0.3, -0.25) is 4.79 Å². The topological polar surface area (TPSA) is 58.6 Å². The summed E-state index contributed by atoms with van der Waals surface area (Å²) in [6.45, 7) is 5.39. The number of fused-ring (bicyclic) bond motifs is 1. The molecule has 1 fully saturated rings. The normalized spacial score (nSPS) is 18.4. The van der Waals surface area contributed by atoms with Crippen molar-refractivity contribution in [2.45, 2.75) is 25.7 Å².